The third-order valence-corrected chi connectivity index (χ3v) is 4.72. The molecule has 0 radical (unpaired) electrons. The van der Waals surface area contributed by atoms with Crippen LogP contribution < -0.4 is 4.74 Å². The van der Waals surface area contributed by atoms with E-state index in [0.717, 1.165) is 36.5 Å². The second kappa shape index (κ2) is 7.75. The molecule has 2 aromatic carbocycles. The van der Waals surface area contributed by atoms with Crippen molar-refractivity contribution in [1.82, 2.24) is 19.8 Å². The number of rotatable bonds is 5. The van der Waals surface area contributed by atoms with Crippen LogP contribution in [0.5, 0.6) is 5.75 Å². The van der Waals surface area contributed by atoms with Crippen molar-refractivity contribution >= 4 is 16.9 Å². The van der Waals surface area contributed by atoms with Crippen LogP contribution in [-0.4, -0.2) is 58.5 Å². The van der Waals surface area contributed by atoms with Crippen molar-refractivity contribution in [3.8, 4) is 5.75 Å². The number of imidazole rings is 1. The summed E-state index contributed by atoms with van der Waals surface area (Å²) in [6, 6.07) is 14.1. The predicted octanol–water partition coefficient (Wildman–Crippen LogP) is 2.43. The Bertz CT molecular complexity index is 901. The molecule has 0 atom stereocenters. The average Bonchev–Trinajstić information content (AvgIpc) is 3.10. The number of carbonyl (C=O) groups is 1. The summed E-state index contributed by atoms with van der Waals surface area (Å²) >= 11 is 0. The van der Waals surface area contributed by atoms with Gasteiger partial charge >= 0.3 is 0 Å². The standard InChI is InChI=1S/C20H21FN4O2/c21-15-5-1-4-8-18(15)27-14-20(26)25-11-9-24(10-12-25)13-19-22-16-6-2-3-7-17(16)23-19/h1-8H,9-14H2,(H,22,23). The molecule has 7 heteroatoms. The SMILES string of the molecule is O=C(COc1ccccc1F)N1CCN(Cc2nc3ccccc3[nH]2)CC1. The second-order valence-corrected chi connectivity index (χ2v) is 6.58. The molecular weight excluding hydrogens is 347 g/mol. The fourth-order valence-corrected chi connectivity index (χ4v) is 3.24. The molecule has 0 bridgehead atoms. The summed E-state index contributed by atoms with van der Waals surface area (Å²) < 4.78 is 18.9. The summed E-state index contributed by atoms with van der Waals surface area (Å²) in [5.41, 5.74) is 2.00. The van der Waals surface area contributed by atoms with Gasteiger partial charge in [-0.1, -0.05) is 24.3 Å². The first-order valence-corrected chi connectivity index (χ1v) is 9.00. The first-order valence-electron chi connectivity index (χ1n) is 9.00. The molecule has 1 fully saturated rings. The maximum absolute atomic E-state index is 13.6. The van der Waals surface area contributed by atoms with Crippen molar-refractivity contribution in [2.45, 2.75) is 6.54 Å². The number of ether oxygens (including phenoxy) is 1. The van der Waals surface area contributed by atoms with Gasteiger partial charge in [-0.3, -0.25) is 9.69 Å². The monoisotopic (exact) mass is 368 g/mol. The molecule has 0 aliphatic carbocycles. The molecule has 3 aromatic rings. The quantitative estimate of drug-likeness (QED) is 0.751. The fourth-order valence-electron chi connectivity index (χ4n) is 3.24. The van der Waals surface area contributed by atoms with Gasteiger partial charge in [0.1, 0.15) is 5.82 Å². The van der Waals surface area contributed by atoms with Gasteiger partial charge in [-0.05, 0) is 24.3 Å². The van der Waals surface area contributed by atoms with Crippen molar-refractivity contribution in [2.24, 2.45) is 0 Å². The van der Waals surface area contributed by atoms with E-state index in [9.17, 15) is 9.18 Å². The Hall–Kier alpha value is -2.93. The first kappa shape index (κ1) is 17.5. The normalized spacial score (nSPS) is 15.2. The van der Waals surface area contributed by atoms with Gasteiger partial charge in [-0.2, -0.15) is 0 Å². The van der Waals surface area contributed by atoms with Crippen LogP contribution in [-0.2, 0) is 11.3 Å². The molecule has 0 spiro atoms. The van der Waals surface area contributed by atoms with Gasteiger partial charge in [0.05, 0.1) is 17.6 Å². The molecule has 1 aliphatic rings. The van der Waals surface area contributed by atoms with Crippen LogP contribution in [0.25, 0.3) is 11.0 Å². The van der Waals surface area contributed by atoms with Crippen LogP contribution in [0.15, 0.2) is 48.5 Å². The molecule has 0 unspecified atom stereocenters. The molecule has 1 aromatic heterocycles. The number of para-hydroxylation sites is 3. The van der Waals surface area contributed by atoms with E-state index < -0.39 is 5.82 Å². The van der Waals surface area contributed by atoms with E-state index >= 15 is 0 Å². The average molecular weight is 368 g/mol. The number of hydrogen-bond acceptors (Lipinski definition) is 4. The maximum atomic E-state index is 13.6. The Kier molecular flexibility index (Phi) is 5.02. The Morgan fingerprint density at radius 3 is 2.59 bits per heavy atom. The van der Waals surface area contributed by atoms with Gasteiger partial charge < -0.3 is 14.6 Å². The van der Waals surface area contributed by atoms with E-state index in [0.29, 0.717) is 13.1 Å². The largest absolute Gasteiger partial charge is 0.481 e. The number of hydrogen-bond donors (Lipinski definition) is 1. The molecule has 140 valence electrons. The van der Waals surface area contributed by atoms with Gasteiger partial charge in [0, 0.05) is 26.2 Å². The van der Waals surface area contributed by atoms with Gasteiger partial charge in [-0.25, -0.2) is 9.37 Å². The number of halogens is 1. The van der Waals surface area contributed by atoms with Crippen LogP contribution in [0, 0.1) is 5.82 Å². The van der Waals surface area contributed by atoms with Crippen LogP contribution in [0.2, 0.25) is 0 Å². The molecule has 27 heavy (non-hydrogen) atoms. The van der Waals surface area contributed by atoms with Gasteiger partial charge in [-0.15, -0.1) is 0 Å². The Morgan fingerprint density at radius 1 is 1.07 bits per heavy atom. The fraction of sp³-hybridized carbons (Fsp3) is 0.300. The van der Waals surface area contributed by atoms with Crippen molar-refractivity contribution in [2.75, 3.05) is 32.8 Å². The zero-order chi connectivity index (χ0) is 18.6. The lowest BCUT2D eigenvalue weighted by Crippen LogP contribution is -2.49. The number of H-pyrrole nitrogens is 1. The van der Waals surface area contributed by atoms with E-state index in [-0.39, 0.29) is 18.3 Å². The molecule has 1 N–H and O–H groups in total. The number of piperazine rings is 1. The number of aromatic amines is 1. The predicted molar refractivity (Wildman–Crippen MR) is 99.8 cm³/mol. The number of nitrogens with zero attached hydrogens (tertiary/aromatic N) is 3. The summed E-state index contributed by atoms with van der Waals surface area (Å²) in [5, 5.41) is 0. The molecule has 2 heterocycles. The summed E-state index contributed by atoms with van der Waals surface area (Å²) in [5.74, 6) is 0.454. The van der Waals surface area contributed by atoms with E-state index in [4.69, 9.17) is 4.74 Å². The molecule has 1 aliphatic heterocycles. The molecule has 6 nitrogen and oxygen atoms in total. The summed E-state index contributed by atoms with van der Waals surface area (Å²) in [7, 11) is 0. The highest BCUT2D eigenvalue weighted by Gasteiger charge is 2.22. The van der Waals surface area contributed by atoms with Crippen molar-refractivity contribution in [3.05, 3.63) is 60.2 Å². The summed E-state index contributed by atoms with van der Waals surface area (Å²) in [6.07, 6.45) is 0. The third kappa shape index (κ3) is 4.09. The number of carbonyl (C=O) groups excluding carboxylic acids is 1. The van der Waals surface area contributed by atoms with E-state index in [1.54, 1.807) is 17.0 Å². The number of aromatic nitrogens is 2. The Balaban J connectivity index is 1.27. The lowest BCUT2D eigenvalue weighted by molar-refractivity contribution is -0.135. The van der Waals surface area contributed by atoms with Crippen molar-refractivity contribution in [3.63, 3.8) is 0 Å². The minimum atomic E-state index is -0.457. The zero-order valence-electron chi connectivity index (χ0n) is 14.9. The number of benzene rings is 2. The highest BCUT2D eigenvalue weighted by molar-refractivity contribution is 5.78. The van der Waals surface area contributed by atoms with Crippen LogP contribution in [0.3, 0.4) is 0 Å². The highest BCUT2D eigenvalue weighted by atomic mass is 19.1. The van der Waals surface area contributed by atoms with E-state index in [1.807, 2.05) is 24.3 Å². The molecule has 4 rings (SSSR count). The lowest BCUT2D eigenvalue weighted by Gasteiger charge is -2.34. The van der Waals surface area contributed by atoms with Gasteiger partial charge in [0.15, 0.2) is 18.2 Å². The van der Waals surface area contributed by atoms with Crippen LogP contribution >= 0.6 is 0 Å². The summed E-state index contributed by atoms with van der Waals surface area (Å²) in [6.45, 7) is 3.36. The van der Waals surface area contributed by atoms with E-state index in [1.165, 1.54) is 12.1 Å². The highest BCUT2D eigenvalue weighted by Crippen LogP contribution is 2.16. The van der Waals surface area contributed by atoms with Gasteiger partial charge in [0.2, 0.25) is 0 Å². The van der Waals surface area contributed by atoms with Crippen LogP contribution in [0.1, 0.15) is 5.82 Å². The first-order chi connectivity index (χ1) is 13.2. The zero-order valence-corrected chi connectivity index (χ0v) is 14.9. The minimum absolute atomic E-state index is 0.106. The minimum Gasteiger partial charge on any atom is -0.481 e. The van der Waals surface area contributed by atoms with E-state index in [2.05, 4.69) is 14.9 Å². The molecular formula is C20H21FN4O2. The Labute approximate surface area is 156 Å². The topological polar surface area (TPSA) is 61.5 Å². The summed E-state index contributed by atoms with van der Waals surface area (Å²) in [4.78, 5) is 24.3. The van der Waals surface area contributed by atoms with Crippen LogP contribution in [0.4, 0.5) is 4.39 Å². The van der Waals surface area contributed by atoms with Gasteiger partial charge in [0.25, 0.3) is 5.91 Å². The molecule has 0 saturated carbocycles. The Morgan fingerprint density at radius 2 is 1.81 bits per heavy atom. The smallest absolute Gasteiger partial charge is 0.260 e. The second-order valence-electron chi connectivity index (χ2n) is 6.58. The molecule has 1 saturated heterocycles. The number of fused-ring (bicyclic) bond motifs is 1. The molecule has 1 amide bonds. The number of nitrogens with one attached hydrogen (secondary N) is 1. The third-order valence-electron chi connectivity index (χ3n) is 4.72. The number of amides is 1. The van der Waals surface area contributed by atoms with Crippen molar-refractivity contribution in [1.29, 1.82) is 0 Å². The van der Waals surface area contributed by atoms with Crippen molar-refractivity contribution < 1.29 is 13.9 Å². The lowest BCUT2D eigenvalue weighted by atomic mass is 10.3. The maximum Gasteiger partial charge on any atom is 0.260 e.